The summed E-state index contributed by atoms with van der Waals surface area (Å²) in [6.07, 6.45) is 1.64. The van der Waals surface area contributed by atoms with Crippen LogP contribution < -0.4 is 10.2 Å². The minimum absolute atomic E-state index is 0.0358. The van der Waals surface area contributed by atoms with Crippen LogP contribution in [0.25, 0.3) is 0 Å². The van der Waals surface area contributed by atoms with Crippen molar-refractivity contribution in [3.63, 3.8) is 0 Å². The summed E-state index contributed by atoms with van der Waals surface area (Å²) in [4.78, 5) is 17.6. The molecule has 1 aliphatic rings. The summed E-state index contributed by atoms with van der Waals surface area (Å²) in [5.41, 5.74) is 0.539. The first kappa shape index (κ1) is 16.5. The predicted molar refractivity (Wildman–Crippen MR) is 85.0 cm³/mol. The lowest BCUT2D eigenvalue weighted by molar-refractivity contribution is 0.168. The molecule has 1 atom stereocenters. The number of nitrogens with one attached hydrogen (secondary N) is 1. The van der Waals surface area contributed by atoms with Gasteiger partial charge in [-0.25, -0.2) is 18.2 Å². The third-order valence-corrected chi connectivity index (χ3v) is 5.30. The first-order valence-electron chi connectivity index (χ1n) is 7.32. The molecule has 1 N–H and O–H groups in total. The van der Waals surface area contributed by atoms with Crippen LogP contribution in [-0.2, 0) is 14.6 Å². The van der Waals surface area contributed by atoms with Gasteiger partial charge in [-0.3, -0.25) is 5.32 Å². The molecule has 1 aliphatic heterocycles. The molecule has 1 unspecified atom stereocenters. The number of hydrogen-bond acceptors (Lipinski definition) is 6. The van der Waals surface area contributed by atoms with Gasteiger partial charge in [0.1, 0.15) is 5.82 Å². The molecular formula is C14H21N3O4S. The van der Waals surface area contributed by atoms with E-state index in [4.69, 9.17) is 4.74 Å². The Morgan fingerprint density at radius 2 is 2.23 bits per heavy atom. The Balaban J connectivity index is 2.06. The van der Waals surface area contributed by atoms with Crippen molar-refractivity contribution in [1.82, 2.24) is 4.98 Å². The molecule has 8 heteroatoms. The van der Waals surface area contributed by atoms with E-state index in [1.54, 1.807) is 25.3 Å². The molecule has 1 aromatic heterocycles. The fourth-order valence-electron chi connectivity index (χ4n) is 2.54. The van der Waals surface area contributed by atoms with Crippen molar-refractivity contribution < 1.29 is 17.9 Å². The van der Waals surface area contributed by atoms with Gasteiger partial charge in [-0.2, -0.15) is 0 Å². The van der Waals surface area contributed by atoms with Gasteiger partial charge in [-0.1, -0.05) is 0 Å². The standard InChI is InChI=1S/C14H21N3O4S/c1-3-17(12-7-8-22(19,20)10-12)13-6-5-11(9-15-13)16-14(18)21-4-2/h5-6,9,12H,3-4,7-8,10H2,1-2H3,(H,16,18). The topological polar surface area (TPSA) is 88.6 Å². The van der Waals surface area contributed by atoms with Crippen LogP contribution in [0.1, 0.15) is 20.3 Å². The number of aromatic nitrogens is 1. The molecule has 7 nitrogen and oxygen atoms in total. The summed E-state index contributed by atoms with van der Waals surface area (Å²) in [7, 11) is -2.93. The molecule has 1 saturated heterocycles. The van der Waals surface area contributed by atoms with E-state index in [2.05, 4.69) is 10.3 Å². The van der Waals surface area contributed by atoms with Crippen LogP contribution in [0.2, 0.25) is 0 Å². The molecule has 2 heterocycles. The molecule has 0 radical (unpaired) electrons. The summed E-state index contributed by atoms with van der Waals surface area (Å²) in [6, 6.07) is 3.47. The summed E-state index contributed by atoms with van der Waals surface area (Å²) in [5.74, 6) is 1.11. The second-order valence-corrected chi connectivity index (χ2v) is 7.32. The highest BCUT2D eigenvalue weighted by molar-refractivity contribution is 7.91. The van der Waals surface area contributed by atoms with E-state index in [0.29, 0.717) is 31.1 Å². The average molecular weight is 327 g/mol. The zero-order chi connectivity index (χ0) is 16.2. The van der Waals surface area contributed by atoms with Gasteiger partial charge in [0, 0.05) is 12.6 Å². The Kier molecular flexibility index (Phi) is 5.23. The van der Waals surface area contributed by atoms with E-state index in [1.165, 1.54) is 0 Å². The monoisotopic (exact) mass is 327 g/mol. The van der Waals surface area contributed by atoms with Crippen LogP contribution in [0.15, 0.2) is 18.3 Å². The first-order valence-corrected chi connectivity index (χ1v) is 9.14. The summed E-state index contributed by atoms with van der Waals surface area (Å²) in [6.45, 7) is 4.68. The zero-order valence-electron chi connectivity index (χ0n) is 12.8. The van der Waals surface area contributed by atoms with Gasteiger partial charge < -0.3 is 9.64 Å². The molecule has 0 bridgehead atoms. The molecule has 0 aliphatic carbocycles. The van der Waals surface area contributed by atoms with Crippen LogP contribution in [-0.4, -0.2) is 50.2 Å². The van der Waals surface area contributed by atoms with Gasteiger partial charge in [-0.15, -0.1) is 0 Å². The van der Waals surface area contributed by atoms with E-state index in [0.717, 1.165) is 0 Å². The number of nitrogens with zero attached hydrogens (tertiary/aromatic N) is 2. The zero-order valence-corrected chi connectivity index (χ0v) is 13.6. The van der Waals surface area contributed by atoms with E-state index in [9.17, 15) is 13.2 Å². The molecule has 1 aromatic rings. The number of rotatable bonds is 5. The van der Waals surface area contributed by atoms with Crippen molar-refractivity contribution in [2.45, 2.75) is 26.3 Å². The number of carbonyl (C=O) groups excluding carboxylic acids is 1. The smallest absolute Gasteiger partial charge is 0.411 e. The van der Waals surface area contributed by atoms with E-state index < -0.39 is 15.9 Å². The quantitative estimate of drug-likeness (QED) is 0.885. The number of ether oxygens (including phenoxy) is 1. The second kappa shape index (κ2) is 6.95. The highest BCUT2D eigenvalue weighted by atomic mass is 32.2. The van der Waals surface area contributed by atoms with Gasteiger partial charge in [0.25, 0.3) is 0 Å². The molecule has 1 fully saturated rings. The highest BCUT2D eigenvalue weighted by Crippen LogP contribution is 2.23. The third kappa shape index (κ3) is 4.09. The van der Waals surface area contributed by atoms with Crippen molar-refractivity contribution in [3.8, 4) is 0 Å². The van der Waals surface area contributed by atoms with Crippen molar-refractivity contribution in [1.29, 1.82) is 0 Å². The van der Waals surface area contributed by atoms with Crippen LogP contribution in [0.3, 0.4) is 0 Å². The molecule has 1 amide bonds. The fourth-order valence-corrected chi connectivity index (χ4v) is 4.27. The van der Waals surface area contributed by atoms with Crippen LogP contribution in [0.5, 0.6) is 0 Å². The summed E-state index contributed by atoms with van der Waals surface area (Å²) in [5, 5.41) is 2.57. The Morgan fingerprint density at radius 1 is 1.45 bits per heavy atom. The Morgan fingerprint density at radius 3 is 2.73 bits per heavy atom. The maximum absolute atomic E-state index is 11.6. The normalized spacial score (nSPS) is 19.6. The second-order valence-electron chi connectivity index (χ2n) is 5.09. The first-order chi connectivity index (χ1) is 10.4. The predicted octanol–water partition coefficient (Wildman–Crippen LogP) is 1.66. The summed E-state index contributed by atoms with van der Waals surface area (Å²) >= 11 is 0. The minimum atomic E-state index is -2.93. The van der Waals surface area contributed by atoms with Gasteiger partial charge >= 0.3 is 6.09 Å². The van der Waals surface area contributed by atoms with Crippen molar-refractivity contribution in [2.75, 3.05) is 34.9 Å². The summed E-state index contributed by atoms with van der Waals surface area (Å²) < 4.78 is 28.0. The van der Waals surface area contributed by atoms with E-state index >= 15 is 0 Å². The van der Waals surface area contributed by atoms with E-state index in [1.807, 2.05) is 11.8 Å². The maximum Gasteiger partial charge on any atom is 0.411 e. The van der Waals surface area contributed by atoms with Gasteiger partial charge in [0.15, 0.2) is 9.84 Å². The molecule has 0 saturated carbocycles. The molecular weight excluding hydrogens is 306 g/mol. The van der Waals surface area contributed by atoms with Crippen molar-refractivity contribution in [3.05, 3.63) is 18.3 Å². The Hall–Kier alpha value is -1.83. The molecule has 22 heavy (non-hydrogen) atoms. The number of sulfone groups is 1. The molecule has 122 valence electrons. The third-order valence-electron chi connectivity index (χ3n) is 3.55. The van der Waals surface area contributed by atoms with Crippen molar-refractivity contribution in [2.24, 2.45) is 0 Å². The fraction of sp³-hybridized carbons (Fsp3) is 0.571. The Bertz CT molecular complexity index is 615. The highest BCUT2D eigenvalue weighted by Gasteiger charge is 2.32. The largest absolute Gasteiger partial charge is 0.450 e. The maximum atomic E-state index is 11.6. The van der Waals surface area contributed by atoms with Crippen LogP contribution in [0.4, 0.5) is 16.3 Å². The number of hydrogen-bond donors (Lipinski definition) is 1. The minimum Gasteiger partial charge on any atom is -0.450 e. The van der Waals surface area contributed by atoms with Gasteiger partial charge in [-0.05, 0) is 32.4 Å². The molecule has 2 rings (SSSR count). The van der Waals surface area contributed by atoms with Crippen LogP contribution >= 0.6 is 0 Å². The van der Waals surface area contributed by atoms with Crippen molar-refractivity contribution >= 4 is 27.4 Å². The SMILES string of the molecule is CCOC(=O)Nc1ccc(N(CC)C2CCS(=O)(=O)C2)nc1. The molecule has 0 aromatic carbocycles. The lowest BCUT2D eigenvalue weighted by Crippen LogP contribution is -2.36. The average Bonchev–Trinajstić information content (AvgIpc) is 2.82. The lowest BCUT2D eigenvalue weighted by Gasteiger charge is -2.28. The van der Waals surface area contributed by atoms with Crippen LogP contribution in [0, 0.1) is 0 Å². The Labute approximate surface area is 130 Å². The van der Waals surface area contributed by atoms with E-state index in [-0.39, 0.29) is 17.5 Å². The number of carbonyl (C=O) groups is 1. The molecule has 0 spiro atoms. The van der Waals surface area contributed by atoms with Gasteiger partial charge in [0.2, 0.25) is 0 Å². The number of amides is 1. The number of pyridine rings is 1. The lowest BCUT2D eigenvalue weighted by atomic mass is 10.2. The van der Waals surface area contributed by atoms with Gasteiger partial charge in [0.05, 0.1) is 30.0 Å². The number of anilines is 2.